The van der Waals surface area contributed by atoms with Gasteiger partial charge in [-0.3, -0.25) is 4.90 Å². The smallest absolute Gasteiger partial charge is 0.140 e. The molecular weight excluding hydrogens is 458 g/mol. The molecule has 182 valence electrons. The van der Waals surface area contributed by atoms with Crippen LogP contribution in [-0.4, -0.2) is 21.0 Å². The Hall–Kier alpha value is -3.47. The van der Waals surface area contributed by atoms with Crippen molar-refractivity contribution in [3.63, 3.8) is 0 Å². The Bertz CT molecular complexity index is 1390. The molecule has 0 saturated carbocycles. The molecule has 0 atom stereocenters. The van der Waals surface area contributed by atoms with E-state index in [1.807, 2.05) is 0 Å². The summed E-state index contributed by atoms with van der Waals surface area (Å²) in [6.45, 7) is 5.85. The molecule has 0 aliphatic rings. The fourth-order valence-corrected chi connectivity index (χ4v) is 5.34. The molecule has 0 saturated heterocycles. The van der Waals surface area contributed by atoms with Gasteiger partial charge < -0.3 is 4.57 Å². The fraction of sp³-hybridized carbons (Fsp3) is 0.219. The number of hydrogen-bond donors (Lipinski definition) is 0. The maximum Gasteiger partial charge on any atom is 0.140 e. The topological polar surface area (TPSA) is 21.1 Å². The van der Waals surface area contributed by atoms with Gasteiger partial charge in [0.15, 0.2) is 0 Å². The Morgan fingerprint density at radius 3 is 2.58 bits per heavy atom. The van der Waals surface area contributed by atoms with Gasteiger partial charge in [0.1, 0.15) is 5.82 Å². The first-order valence-electron chi connectivity index (χ1n) is 12.8. The van der Waals surface area contributed by atoms with Crippen LogP contribution in [0.5, 0.6) is 0 Å². The predicted molar refractivity (Wildman–Crippen MR) is 154 cm³/mol. The van der Waals surface area contributed by atoms with E-state index in [9.17, 15) is 0 Å². The van der Waals surface area contributed by atoms with Crippen LogP contribution in [0.3, 0.4) is 0 Å². The van der Waals surface area contributed by atoms with Gasteiger partial charge in [0.2, 0.25) is 0 Å². The van der Waals surface area contributed by atoms with Crippen LogP contribution in [0.2, 0.25) is 0 Å². The summed E-state index contributed by atoms with van der Waals surface area (Å²) in [5, 5.41) is 6.95. The SMILES string of the molecule is CCCCn1c(CN(CC=Cc2ccsc2)Cc2cccc3ccccc23)cnc1-c1ccccc1. The van der Waals surface area contributed by atoms with Gasteiger partial charge in [-0.2, -0.15) is 11.3 Å². The molecule has 5 aromatic rings. The van der Waals surface area contributed by atoms with Crippen molar-refractivity contribution in [1.29, 1.82) is 0 Å². The van der Waals surface area contributed by atoms with Crippen LogP contribution in [0.15, 0.2) is 102 Å². The van der Waals surface area contributed by atoms with Crippen molar-refractivity contribution < 1.29 is 0 Å². The minimum absolute atomic E-state index is 0.848. The standard InChI is InChI=1S/C32H33N3S/c1-2-3-20-35-30(22-33-32(35)28-13-5-4-6-14-28)24-34(19-10-11-26-18-21-36-25-26)23-29-16-9-15-27-12-7-8-17-31(27)29/h4-18,21-22,25H,2-3,19-20,23-24H2,1H3. The molecule has 0 aliphatic heterocycles. The maximum atomic E-state index is 4.89. The lowest BCUT2D eigenvalue weighted by Crippen LogP contribution is -2.25. The van der Waals surface area contributed by atoms with Crippen molar-refractivity contribution in [3.8, 4) is 11.4 Å². The van der Waals surface area contributed by atoms with Crippen LogP contribution in [0.4, 0.5) is 0 Å². The molecule has 4 heteroatoms. The highest BCUT2D eigenvalue weighted by molar-refractivity contribution is 7.08. The van der Waals surface area contributed by atoms with E-state index in [2.05, 4.69) is 124 Å². The average molecular weight is 492 g/mol. The van der Waals surface area contributed by atoms with Gasteiger partial charge >= 0.3 is 0 Å². The summed E-state index contributed by atoms with van der Waals surface area (Å²) in [6.07, 6.45) is 8.91. The second kappa shape index (κ2) is 12.0. The molecule has 36 heavy (non-hydrogen) atoms. The molecule has 5 rings (SSSR count). The van der Waals surface area contributed by atoms with Crippen LogP contribution < -0.4 is 0 Å². The van der Waals surface area contributed by atoms with Crippen molar-refractivity contribution in [2.24, 2.45) is 0 Å². The Morgan fingerprint density at radius 2 is 1.75 bits per heavy atom. The second-order valence-electron chi connectivity index (χ2n) is 9.21. The van der Waals surface area contributed by atoms with E-state index >= 15 is 0 Å². The van der Waals surface area contributed by atoms with Crippen molar-refractivity contribution in [2.75, 3.05) is 6.54 Å². The fourth-order valence-electron chi connectivity index (χ4n) is 4.71. The lowest BCUT2D eigenvalue weighted by atomic mass is 10.0. The Labute approximate surface area is 218 Å². The highest BCUT2D eigenvalue weighted by Gasteiger charge is 2.15. The van der Waals surface area contributed by atoms with Gasteiger partial charge in [-0.1, -0.05) is 98.3 Å². The van der Waals surface area contributed by atoms with E-state index in [4.69, 9.17) is 4.98 Å². The summed E-state index contributed by atoms with van der Waals surface area (Å²) in [4.78, 5) is 7.42. The first-order valence-corrected chi connectivity index (χ1v) is 13.7. The summed E-state index contributed by atoms with van der Waals surface area (Å²) in [5.41, 5.74) is 5.08. The number of benzene rings is 3. The minimum atomic E-state index is 0.848. The lowest BCUT2D eigenvalue weighted by Gasteiger charge is -2.23. The highest BCUT2D eigenvalue weighted by atomic mass is 32.1. The molecule has 0 fully saturated rings. The quantitative estimate of drug-likeness (QED) is 0.185. The second-order valence-corrected chi connectivity index (χ2v) is 9.99. The molecule has 0 bridgehead atoms. The van der Waals surface area contributed by atoms with Crippen LogP contribution in [0.25, 0.3) is 28.2 Å². The molecule has 0 amide bonds. The third-order valence-corrected chi connectivity index (χ3v) is 7.28. The molecule has 0 radical (unpaired) electrons. The summed E-state index contributed by atoms with van der Waals surface area (Å²) in [7, 11) is 0. The number of rotatable bonds is 11. The number of nitrogens with zero attached hydrogens (tertiary/aromatic N) is 3. The average Bonchev–Trinajstić information content (AvgIpc) is 3.58. The van der Waals surface area contributed by atoms with Crippen molar-refractivity contribution in [3.05, 3.63) is 119 Å². The van der Waals surface area contributed by atoms with Gasteiger partial charge in [-0.25, -0.2) is 4.98 Å². The number of imidazole rings is 1. The number of aromatic nitrogens is 2. The van der Waals surface area contributed by atoms with E-state index < -0.39 is 0 Å². The van der Waals surface area contributed by atoms with E-state index in [1.165, 1.54) is 33.2 Å². The van der Waals surface area contributed by atoms with E-state index in [0.717, 1.165) is 44.8 Å². The molecule has 2 heterocycles. The van der Waals surface area contributed by atoms with E-state index in [1.54, 1.807) is 11.3 Å². The van der Waals surface area contributed by atoms with Crippen molar-refractivity contribution in [1.82, 2.24) is 14.5 Å². The number of fused-ring (bicyclic) bond motifs is 1. The van der Waals surface area contributed by atoms with E-state index in [0.29, 0.717) is 0 Å². The summed E-state index contributed by atoms with van der Waals surface area (Å²) < 4.78 is 2.43. The predicted octanol–water partition coefficient (Wildman–Crippen LogP) is 8.28. The molecular formula is C32H33N3S. The zero-order valence-corrected chi connectivity index (χ0v) is 21.7. The molecule has 3 aromatic carbocycles. The third-order valence-electron chi connectivity index (χ3n) is 6.58. The van der Waals surface area contributed by atoms with Gasteiger partial charge in [-0.05, 0) is 45.1 Å². The van der Waals surface area contributed by atoms with E-state index in [-0.39, 0.29) is 0 Å². The Kier molecular flexibility index (Phi) is 8.06. The molecule has 0 spiro atoms. The minimum Gasteiger partial charge on any atom is -0.327 e. The Balaban J connectivity index is 1.45. The number of hydrogen-bond acceptors (Lipinski definition) is 3. The van der Waals surface area contributed by atoms with Crippen LogP contribution >= 0.6 is 11.3 Å². The zero-order chi connectivity index (χ0) is 24.6. The monoisotopic (exact) mass is 491 g/mol. The number of thiophene rings is 1. The Morgan fingerprint density at radius 1 is 0.917 bits per heavy atom. The summed E-state index contributed by atoms with van der Waals surface area (Å²) in [6, 6.07) is 28.1. The van der Waals surface area contributed by atoms with Gasteiger partial charge in [-0.15, -0.1) is 0 Å². The molecule has 0 unspecified atom stereocenters. The first-order chi connectivity index (χ1) is 17.8. The third kappa shape index (κ3) is 5.84. The van der Waals surface area contributed by atoms with Crippen molar-refractivity contribution >= 4 is 28.2 Å². The first kappa shape index (κ1) is 24.2. The molecule has 2 aromatic heterocycles. The highest BCUT2D eigenvalue weighted by Crippen LogP contribution is 2.24. The summed E-state index contributed by atoms with van der Waals surface area (Å²) in [5.74, 6) is 1.07. The van der Waals surface area contributed by atoms with Gasteiger partial charge in [0.05, 0.1) is 11.9 Å². The normalized spacial score (nSPS) is 11.7. The van der Waals surface area contributed by atoms with Crippen LogP contribution in [0.1, 0.15) is 36.6 Å². The van der Waals surface area contributed by atoms with Gasteiger partial charge in [0.25, 0.3) is 0 Å². The number of unbranched alkanes of at least 4 members (excludes halogenated alkanes) is 1. The zero-order valence-electron chi connectivity index (χ0n) is 20.9. The van der Waals surface area contributed by atoms with Crippen LogP contribution in [-0.2, 0) is 19.6 Å². The molecule has 0 N–H and O–H groups in total. The van der Waals surface area contributed by atoms with Crippen LogP contribution in [0, 0.1) is 0 Å². The largest absolute Gasteiger partial charge is 0.327 e. The molecule has 3 nitrogen and oxygen atoms in total. The summed E-state index contributed by atoms with van der Waals surface area (Å²) >= 11 is 1.74. The van der Waals surface area contributed by atoms with Crippen molar-refractivity contribution in [2.45, 2.75) is 39.4 Å². The molecule has 0 aliphatic carbocycles. The maximum absolute atomic E-state index is 4.89. The van der Waals surface area contributed by atoms with Gasteiger partial charge in [0, 0.05) is 31.7 Å². The lowest BCUT2D eigenvalue weighted by molar-refractivity contribution is 0.279.